The van der Waals surface area contributed by atoms with Crippen molar-refractivity contribution in [2.24, 2.45) is 0 Å². The van der Waals surface area contributed by atoms with Crippen LogP contribution >= 0.6 is 0 Å². The monoisotopic (exact) mass is 233 g/mol. The Kier molecular flexibility index (Phi) is 4.44. The molecule has 0 radical (unpaired) electrons. The zero-order chi connectivity index (χ0) is 13.0. The Hall–Kier alpha value is -1.64. The number of hydrogen-bond donors (Lipinski definition) is 1. The average Bonchev–Trinajstić information content (AvgIpc) is 2.28. The number of aryl methyl sites for hydroxylation is 2. The van der Waals surface area contributed by atoms with Gasteiger partial charge in [0.1, 0.15) is 0 Å². The third-order valence-corrected chi connectivity index (χ3v) is 2.82. The lowest BCUT2D eigenvalue weighted by atomic mass is 10.0. The van der Waals surface area contributed by atoms with Crippen LogP contribution in [-0.2, 0) is 4.79 Å². The molecule has 1 N–H and O–H groups in total. The highest BCUT2D eigenvalue weighted by Crippen LogP contribution is 2.11. The first-order valence-electron chi connectivity index (χ1n) is 5.88. The Bertz CT molecular complexity index is 438. The molecule has 0 heterocycles. The Morgan fingerprint density at radius 3 is 2.47 bits per heavy atom. The van der Waals surface area contributed by atoms with Gasteiger partial charge in [0.2, 0.25) is 5.78 Å². The predicted molar refractivity (Wildman–Crippen MR) is 68.1 cm³/mol. The van der Waals surface area contributed by atoms with Gasteiger partial charge in [0, 0.05) is 11.6 Å². The molecular weight excluding hydrogens is 214 g/mol. The number of rotatable bonds is 4. The Morgan fingerprint density at radius 1 is 1.29 bits per heavy atom. The van der Waals surface area contributed by atoms with Crippen LogP contribution in [0.5, 0.6) is 0 Å². The summed E-state index contributed by atoms with van der Waals surface area (Å²) in [6, 6.07) is 5.49. The molecular formula is C14H19NO2. The lowest BCUT2D eigenvalue weighted by molar-refractivity contribution is -0.117. The highest BCUT2D eigenvalue weighted by atomic mass is 16.2. The van der Waals surface area contributed by atoms with Crippen LogP contribution in [0.4, 0.5) is 0 Å². The van der Waals surface area contributed by atoms with Crippen molar-refractivity contribution in [2.45, 2.75) is 40.2 Å². The number of nitrogens with one attached hydrogen (secondary N) is 1. The summed E-state index contributed by atoms with van der Waals surface area (Å²) in [5, 5.41) is 2.68. The van der Waals surface area contributed by atoms with Crippen molar-refractivity contribution in [3.8, 4) is 0 Å². The minimum absolute atomic E-state index is 0.0252. The smallest absolute Gasteiger partial charge is 0.292 e. The topological polar surface area (TPSA) is 46.2 Å². The second-order valence-electron chi connectivity index (χ2n) is 4.43. The van der Waals surface area contributed by atoms with E-state index >= 15 is 0 Å². The van der Waals surface area contributed by atoms with E-state index in [0.29, 0.717) is 5.56 Å². The highest BCUT2D eigenvalue weighted by Gasteiger charge is 2.19. The van der Waals surface area contributed by atoms with Crippen molar-refractivity contribution in [2.75, 3.05) is 0 Å². The Morgan fingerprint density at radius 2 is 1.94 bits per heavy atom. The van der Waals surface area contributed by atoms with Crippen molar-refractivity contribution in [1.29, 1.82) is 0 Å². The summed E-state index contributed by atoms with van der Waals surface area (Å²) in [6.45, 7) is 7.65. The SMILES string of the molecule is CCC(C)NC(=O)C(=O)c1ccc(C)cc1C. The zero-order valence-electron chi connectivity index (χ0n) is 10.8. The second kappa shape index (κ2) is 5.62. The molecule has 1 atom stereocenters. The van der Waals surface area contributed by atoms with Crippen molar-refractivity contribution in [1.82, 2.24) is 5.32 Å². The molecule has 1 amide bonds. The Balaban J connectivity index is 2.86. The van der Waals surface area contributed by atoms with E-state index in [1.54, 1.807) is 6.07 Å². The van der Waals surface area contributed by atoms with Crippen LogP contribution in [0.15, 0.2) is 18.2 Å². The van der Waals surface area contributed by atoms with Gasteiger partial charge in [-0.15, -0.1) is 0 Å². The third kappa shape index (κ3) is 3.41. The second-order valence-corrected chi connectivity index (χ2v) is 4.43. The van der Waals surface area contributed by atoms with Crippen molar-refractivity contribution in [3.05, 3.63) is 34.9 Å². The van der Waals surface area contributed by atoms with Crippen LogP contribution in [0.25, 0.3) is 0 Å². The molecule has 17 heavy (non-hydrogen) atoms. The van der Waals surface area contributed by atoms with E-state index in [-0.39, 0.29) is 6.04 Å². The van der Waals surface area contributed by atoms with Gasteiger partial charge >= 0.3 is 0 Å². The number of hydrogen-bond acceptors (Lipinski definition) is 2. The van der Waals surface area contributed by atoms with E-state index in [0.717, 1.165) is 17.5 Å². The summed E-state index contributed by atoms with van der Waals surface area (Å²) >= 11 is 0. The minimum Gasteiger partial charge on any atom is -0.347 e. The predicted octanol–water partition coefficient (Wildman–Crippen LogP) is 2.40. The standard InChI is InChI=1S/C14H19NO2/c1-5-11(4)15-14(17)13(16)12-7-6-9(2)8-10(12)3/h6-8,11H,5H2,1-4H3,(H,15,17). The quantitative estimate of drug-likeness (QED) is 0.641. The number of carbonyl (C=O) groups excluding carboxylic acids is 2. The number of ketones is 1. The van der Waals surface area contributed by atoms with Crippen LogP contribution in [0.3, 0.4) is 0 Å². The maximum atomic E-state index is 11.9. The van der Waals surface area contributed by atoms with E-state index in [2.05, 4.69) is 5.32 Å². The van der Waals surface area contributed by atoms with Gasteiger partial charge in [-0.25, -0.2) is 0 Å². The molecule has 1 unspecified atom stereocenters. The van der Waals surface area contributed by atoms with Crippen LogP contribution in [-0.4, -0.2) is 17.7 Å². The molecule has 0 spiro atoms. The average molecular weight is 233 g/mol. The number of amides is 1. The summed E-state index contributed by atoms with van der Waals surface area (Å²) in [4.78, 5) is 23.6. The molecule has 92 valence electrons. The van der Waals surface area contributed by atoms with Gasteiger partial charge < -0.3 is 5.32 Å². The third-order valence-electron chi connectivity index (χ3n) is 2.82. The molecule has 0 aliphatic carbocycles. The fourth-order valence-electron chi connectivity index (χ4n) is 1.58. The summed E-state index contributed by atoms with van der Waals surface area (Å²) in [5.41, 5.74) is 2.41. The van der Waals surface area contributed by atoms with Gasteiger partial charge in [-0.2, -0.15) is 0 Å². The molecule has 0 fully saturated rings. The van der Waals surface area contributed by atoms with E-state index < -0.39 is 11.7 Å². The largest absolute Gasteiger partial charge is 0.347 e. The van der Waals surface area contributed by atoms with Gasteiger partial charge in [0.05, 0.1) is 0 Å². The van der Waals surface area contributed by atoms with E-state index in [9.17, 15) is 9.59 Å². The first-order valence-corrected chi connectivity index (χ1v) is 5.88. The van der Waals surface area contributed by atoms with Gasteiger partial charge in [0.15, 0.2) is 0 Å². The summed E-state index contributed by atoms with van der Waals surface area (Å²) in [5.74, 6) is -0.978. The highest BCUT2D eigenvalue weighted by molar-refractivity contribution is 6.43. The normalized spacial score (nSPS) is 12.0. The number of Topliss-reactive ketones (excluding diaryl/α,β-unsaturated/α-hetero) is 1. The zero-order valence-corrected chi connectivity index (χ0v) is 10.8. The molecule has 0 aliphatic heterocycles. The van der Waals surface area contributed by atoms with Crippen LogP contribution < -0.4 is 5.32 Å². The first-order chi connectivity index (χ1) is 7.95. The van der Waals surface area contributed by atoms with Crippen molar-refractivity contribution < 1.29 is 9.59 Å². The summed E-state index contributed by atoms with van der Waals surface area (Å²) in [7, 11) is 0. The maximum absolute atomic E-state index is 11.9. The number of carbonyl (C=O) groups is 2. The van der Waals surface area contributed by atoms with Gasteiger partial charge in [-0.3, -0.25) is 9.59 Å². The van der Waals surface area contributed by atoms with Crippen molar-refractivity contribution in [3.63, 3.8) is 0 Å². The van der Waals surface area contributed by atoms with E-state index in [4.69, 9.17) is 0 Å². The van der Waals surface area contributed by atoms with Crippen molar-refractivity contribution >= 4 is 11.7 Å². The van der Waals surface area contributed by atoms with Gasteiger partial charge in [-0.1, -0.05) is 30.7 Å². The van der Waals surface area contributed by atoms with Crippen LogP contribution in [0, 0.1) is 13.8 Å². The van der Waals surface area contributed by atoms with E-state index in [1.807, 2.05) is 39.8 Å². The lowest BCUT2D eigenvalue weighted by Crippen LogP contribution is -2.37. The summed E-state index contributed by atoms with van der Waals surface area (Å²) in [6.07, 6.45) is 0.811. The number of benzene rings is 1. The molecule has 0 saturated heterocycles. The molecule has 0 aliphatic rings. The molecule has 1 rings (SSSR count). The maximum Gasteiger partial charge on any atom is 0.292 e. The minimum atomic E-state index is -0.522. The fourth-order valence-corrected chi connectivity index (χ4v) is 1.58. The van der Waals surface area contributed by atoms with Crippen LogP contribution in [0.2, 0.25) is 0 Å². The molecule has 3 nitrogen and oxygen atoms in total. The molecule has 0 aromatic heterocycles. The molecule has 3 heteroatoms. The molecule has 0 saturated carbocycles. The molecule has 0 bridgehead atoms. The van der Waals surface area contributed by atoms with Gasteiger partial charge in [-0.05, 0) is 32.8 Å². The molecule has 1 aromatic rings. The lowest BCUT2D eigenvalue weighted by Gasteiger charge is -2.11. The van der Waals surface area contributed by atoms with E-state index in [1.165, 1.54) is 0 Å². The first kappa shape index (κ1) is 13.4. The fraction of sp³-hybridized carbons (Fsp3) is 0.429. The Labute approximate surface area is 102 Å². The summed E-state index contributed by atoms with van der Waals surface area (Å²) < 4.78 is 0. The van der Waals surface area contributed by atoms with Gasteiger partial charge in [0.25, 0.3) is 5.91 Å². The molecule has 1 aromatic carbocycles. The van der Waals surface area contributed by atoms with Crippen LogP contribution in [0.1, 0.15) is 41.8 Å².